The van der Waals surface area contributed by atoms with Crippen LogP contribution in [0.15, 0.2) is 83.8 Å². The van der Waals surface area contributed by atoms with Gasteiger partial charge < -0.3 is 4.90 Å². The van der Waals surface area contributed by atoms with Gasteiger partial charge in [0.1, 0.15) is 0 Å². The summed E-state index contributed by atoms with van der Waals surface area (Å²) in [6.07, 6.45) is 0.221. The van der Waals surface area contributed by atoms with Gasteiger partial charge in [-0.1, -0.05) is 48.5 Å². The van der Waals surface area contributed by atoms with E-state index in [0.29, 0.717) is 5.69 Å². The fourth-order valence-corrected chi connectivity index (χ4v) is 4.90. The molecule has 1 amide bonds. The molecule has 0 unspecified atom stereocenters. The molecule has 0 aliphatic carbocycles. The summed E-state index contributed by atoms with van der Waals surface area (Å²) >= 11 is 0. The van der Waals surface area contributed by atoms with Crippen LogP contribution in [0.25, 0.3) is 0 Å². The molecule has 0 N–H and O–H groups in total. The van der Waals surface area contributed by atoms with Gasteiger partial charge >= 0.3 is 0 Å². The molecule has 4 rings (SSSR count). The van der Waals surface area contributed by atoms with E-state index in [9.17, 15) is 13.2 Å². The highest BCUT2D eigenvalue weighted by Gasteiger charge is 2.29. The lowest BCUT2D eigenvalue weighted by Gasteiger charge is -2.25. The lowest BCUT2D eigenvalue weighted by molar-refractivity contribution is -0.117. The van der Waals surface area contributed by atoms with Gasteiger partial charge in [-0.2, -0.15) is 0 Å². The largest absolute Gasteiger partial charge is 0.315 e. The van der Waals surface area contributed by atoms with Crippen molar-refractivity contribution in [2.75, 3.05) is 16.3 Å². The minimum absolute atomic E-state index is 0.0336. The molecule has 1 aliphatic rings. The summed E-state index contributed by atoms with van der Waals surface area (Å²) in [6, 6.07) is 23.4. The molecule has 3 aromatic rings. The standard InChI is InChI=1S/C22H20N2O3S/c1-23-21-13-12-20(14-18(21)15-22(23)25)28(26,27)24(19-10-6-3-7-11-19)16-17-8-4-2-5-9-17/h2-14H,15-16H2,1H3. The molecule has 3 aromatic carbocycles. The van der Waals surface area contributed by atoms with Crippen molar-refractivity contribution < 1.29 is 13.2 Å². The molecule has 0 atom stereocenters. The molecular formula is C22H20N2O3S. The van der Waals surface area contributed by atoms with Crippen molar-refractivity contribution in [2.24, 2.45) is 0 Å². The number of carbonyl (C=O) groups is 1. The van der Waals surface area contributed by atoms with Crippen LogP contribution >= 0.6 is 0 Å². The van der Waals surface area contributed by atoms with E-state index in [1.165, 1.54) is 4.31 Å². The van der Waals surface area contributed by atoms with Crippen molar-refractivity contribution >= 4 is 27.3 Å². The van der Waals surface area contributed by atoms with Crippen molar-refractivity contribution in [1.82, 2.24) is 0 Å². The summed E-state index contributed by atoms with van der Waals surface area (Å²) in [4.78, 5) is 13.7. The molecule has 1 heterocycles. The second-order valence-corrected chi connectivity index (χ2v) is 8.62. The SMILES string of the molecule is CN1C(=O)Cc2cc(S(=O)(=O)N(Cc3ccccc3)c3ccccc3)ccc21. The molecule has 0 bridgehead atoms. The maximum atomic E-state index is 13.5. The average molecular weight is 392 g/mol. The van der Waals surface area contributed by atoms with Crippen LogP contribution in [0.1, 0.15) is 11.1 Å². The molecule has 1 aliphatic heterocycles. The van der Waals surface area contributed by atoms with Gasteiger partial charge in [0.15, 0.2) is 0 Å². The Morgan fingerprint density at radius 2 is 1.57 bits per heavy atom. The van der Waals surface area contributed by atoms with Crippen LogP contribution in [0.5, 0.6) is 0 Å². The molecule has 0 aromatic heterocycles. The Morgan fingerprint density at radius 1 is 0.929 bits per heavy atom. The molecule has 0 spiro atoms. The Hall–Kier alpha value is -3.12. The second kappa shape index (κ2) is 7.13. The Kier molecular flexibility index (Phi) is 4.65. The number of carbonyl (C=O) groups excluding carboxylic acids is 1. The summed E-state index contributed by atoms with van der Waals surface area (Å²) in [6.45, 7) is 0.225. The Morgan fingerprint density at radius 3 is 2.25 bits per heavy atom. The summed E-state index contributed by atoms with van der Waals surface area (Å²) in [5.41, 5.74) is 2.99. The first kappa shape index (κ1) is 18.3. The second-order valence-electron chi connectivity index (χ2n) is 6.75. The van der Waals surface area contributed by atoms with Gasteiger partial charge in [0.25, 0.3) is 10.0 Å². The summed E-state index contributed by atoms with van der Waals surface area (Å²) in [7, 11) is -2.10. The molecule has 0 fully saturated rings. The minimum atomic E-state index is -3.81. The maximum Gasteiger partial charge on any atom is 0.264 e. The Labute approximate surface area is 164 Å². The topological polar surface area (TPSA) is 57.7 Å². The molecule has 142 valence electrons. The smallest absolute Gasteiger partial charge is 0.264 e. The van der Waals surface area contributed by atoms with E-state index in [1.807, 2.05) is 48.5 Å². The zero-order valence-electron chi connectivity index (χ0n) is 15.4. The first-order valence-electron chi connectivity index (χ1n) is 8.98. The molecule has 0 saturated carbocycles. The van der Waals surface area contributed by atoms with E-state index in [2.05, 4.69) is 0 Å². The predicted molar refractivity (Wildman–Crippen MR) is 110 cm³/mol. The van der Waals surface area contributed by atoms with Crippen molar-refractivity contribution in [3.63, 3.8) is 0 Å². The van der Waals surface area contributed by atoms with Crippen LogP contribution in [0.4, 0.5) is 11.4 Å². The monoisotopic (exact) mass is 392 g/mol. The van der Waals surface area contributed by atoms with E-state index >= 15 is 0 Å². The van der Waals surface area contributed by atoms with E-state index in [4.69, 9.17) is 0 Å². The third-order valence-electron chi connectivity index (χ3n) is 4.93. The van der Waals surface area contributed by atoms with Gasteiger partial charge in [0, 0.05) is 12.7 Å². The third kappa shape index (κ3) is 3.27. The molecule has 0 radical (unpaired) electrons. The van der Waals surface area contributed by atoms with E-state index in [0.717, 1.165) is 16.8 Å². The zero-order valence-corrected chi connectivity index (χ0v) is 16.3. The fourth-order valence-electron chi connectivity index (χ4n) is 3.39. The number of anilines is 2. The number of likely N-dealkylation sites (N-methyl/N-ethyl adjacent to an activating group) is 1. The Balaban J connectivity index is 1.77. The Bertz CT molecular complexity index is 1110. The van der Waals surface area contributed by atoms with Crippen LogP contribution in [-0.2, 0) is 27.8 Å². The number of para-hydroxylation sites is 1. The normalized spacial score (nSPS) is 13.5. The van der Waals surface area contributed by atoms with Gasteiger partial charge in [0.05, 0.1) is 23.5 Å². The number of hydrogen-bond donors (Lipinski definition) is 0. The van der Waals surface area contributed by atoms with Gasteiger partial charge in [-0.3, -0.25) is 9.10 Å². The van der Waals surface area contributed by atoms with E-state index in [1.54, 1.807) is 42.3 Å². The third-order valence-corrected chi connectivity index (χ3v) is 6.70. The summed E-state index contributed by atoms with van der Waals surface area (Å²) in [5, 5.41) is 0. The first-order valence-corrected chi connectivity index (χ1v) is 10.4. The fraction of sp³-hybridized carbons (Fsp3) is 0.136. The lowest BCUT2D eigenvalue weighted by atomic mass is 10.2. The lowest BCUT2D eigenvalue weighted by Crippen LogP contribution is -2.30. The van der Waals surface area contributed by atoms with Crippen molar-refractivity contribution in [3.8, 4) is 0 Å². The number of hydrogen-bond acceptors (Lipinski definition) is 3. The highest BCUT2D eigenvalue weighted by molar-refractivity contribution is 7.92. The number of amides is 1. The maximum absolute atomic E-state index is 13.5. The molecular weight excluding hydrogens is 372 g/mol. The van der Waals surface area contributed by atoms with Crippen LogP contribution in [-0.4, -0.2) is 21.4 Å². The number of rotatable bonds is 5. The van der Waals surface area contributed by atoms with Crippen molar-refractivity contribution in [3.05, 3.63) is 90.0 Å². The molecule has 0 saturated heterocycles. The van der Waals surface area contributed by atoms with E-state index < -0.39 is 10.0 Å². The average Bonchev–Trinajstić information content (AvgIpc) is 3.01. The van der Waals surface area contributed by atoms with Crippen molar-refractivity contribution in [1.29, 1.82) is 0 Å². The summed E-state index contributed by atoms with van der Waals surface area (Å²) in [5.74, 6) is -0.0336. The van der Waals surface area contributed by atoms with Crippen LogP contribution in [0.2, 0.25) is 0 Å². The number of sulfonamides is 1. The molecule has 28 heavy (non-hydrogen) atoms. The first-order chi connectivity index (χ1) is 13.5. The molecule has 6 heteroatoms. The van der Waals surface area contributed by atoms with Crippen LogP contribution < -0.4 is 9.21 Å². The van der Waals surface area contributed by atoms with Gasteiger partial charge in [-0.15, -0.1) is 0 Å². The van der Waals surface area contributed by atoms with Gasteiger partial charge in [0.2, 0.25) is 5.91 Å². The van der Waals surface area contributed by atoms with Crippen LogP contribution in [0.3, 0.4) is 0 Å². The quantitative estimate of drug-likeness (QED) is 0.667. The number of benzene rings is 3. The van der Waals surface area contributed by atoms with Crippen molar-refractivity contribution in [2.45, 2.75) is 17.9 Å². The van der Waals surface area contributed by atoms with Crippen LogP contribution in [0, 0.1) is 0 Å². The van der Waals surface area contributed by atoms with Gasteiger partial charge in [-0.25, -0.2) is 8.42 Å². The minimum Gasteiger partial charge on any atom is -0.315 e. The van der Waals surface area contributed by atoms with E-state index in [-0.39, 0.29) is 23.8 Å². The molecule has 5 nitrogen and oxygen atoms in total. The number of nitrogens with zero attached hydrogens (tertiary/aromatic N) is 2. The highest BCUT2D eigenvalue weighted by atomic mass is 32.2. The zero-order chi connectivity index (χ0) is 19.7. The predicted octanol–water partition coefficient (Wildman–Crippen LogP) is 3.60. The highest BCUT2D eigenvalue weighted by Crippen LogP contribution is 2.32. The number of fused-ring (bicyclic) bond motifs is 1. The summed E-state index contributed by atoms with van der Waals surface area (Å²) < 4.78 is 28.5. The van der Waals surface area contributed by atoms with Gasteiger partial charge in [-0.05, 0) is 41.5 Å².